The Morgan fingerprint density at radius 1 is 1.22 bits per heavy atom. The number of sulfonamides is 1. The third-order valence-electron chi connectivity index (χ3n) is 3.62. The van der Waals surface area contributed by atoms with Gasteiger partial charge in [0.05, 0.1) is 18.6 Å². The summed E-state index contributed by atoms with van der Waals surface area (Å²) in [6.45, 7) is 0.435. The van der Waals surface area contributed by atoms with Gasteiger partial charge in [0.15, 0.2) is 5.82 Å². The summed E-state index contributed by atoms with van der Waals surface area (Å²) < 4.78 is 34.2. The van der Waals surface area contributed by atoms with Gasteiger partial charge in [-0.2, -0.15) is 5.10 Å². The standard InChI is InChI=1S/C16H15N5O5S/c1-26-14-3-2-13(21(22)23)10-15(14)27(24,25)19-16-6-9-20(18-16)11-12-4-7-17-8-5-12/h2-10H,11H2,1H3,(H,18,19). The average molecular weight is 389 g/mol. The summed E-state index contributed by atoms with van der Waals surface area (Å²) in [4.78, 5) is 13.9. The molecule has 1 N–H and O–H groups in total. The fraction of sp³-hybridized carbons (Fsp3) is 0.125. The largest absolute Gasteiger partial charge is 0.495 e. The van der Waals surface area contributed by atoms with Gasteiger partial charge in [-0.05, 0) is 23.8 Å². The van der Waals surface area contributed by atoms with Gasteiger partial charge in [0, 0.05) is 36.8 Å². The molecule has 0 bridgehead atoms. The van der Waals surface area contributed by atoms with Crippen LogP contribution in [-0.2, 0) is 16.6 Å². The number of methoxy groups -OCH3 is 1. The fourth-order valence-electron chi connectivity index (χ4n) is 2.36. The van der Waals surface area contributed by atoms with Gasteiger partial charge in [-0.1, -0.05) is 0 Å². The Balaban J connectivity index is 1.85. The number of hydrogen-bond donors (Lipinski definition) is 1. The van der Waals surface area contributed by atoms with E-state index in [9.17, 15) is 18.5 Å². The first-order valence-electron chi connectivity index (χ1n) is 7.66. The number of nitro groups is 1. The Morgan fingerprint density at radius 3 is 2.63 bits per heavy atom. The van der Waals surface area contributed by atoms with Gasteiger partial charge in [0.1, 0.15) is 10.6 Å². The molecule has 10 nitrogen and oxygen atoms in total. The number of non-ortho nitro benzene ring substituents is 1. The highest BCUT2D eigenvalue weighted by Gasteiger charge is 2.24. The molecule has 2 aromatic heterocycles. The van der Waals surface area contributed by atoms with Crippen molar-refractivity contribution in [3.05, 3.63) is 70.7 Å². The Labute approximate surface area is 154 Å². The summed E-state index contributed by atoms with van der Waals surface area (Å²) >= 11 is 0. The van der Waals surface area contributed by atoms with Gasteiger partial charge in [-0.25, -0.2) is 8.42 Å². The number of nitrogens with one attached hydrogen (secondary N) is 1. The molecule has 0 aliphatic carbocycles. The van der Waals surface area contributed by atoms with E-state index in [1.807, 2.05) is 12.1 Å². The Kier molecular flexibility index (Phi) is 5.03. The maximum Gasteiger partial charge on any atom is 0.271 e. The lowest BCUT2D eigenvalue weighted by atomic mass is 10.3. The number of benzene rings is 1. The number of pyridine rings is 1. The molecule has 11 heteroatoms. The molecule has 2 heterocycles. The highest BCUT2D eigenvalue weighted by Crippen LogP contribution is 2.29. The topological polar surface area (TPSA) is 129 Å². The molecule has 140 valence electrons. The highest BCUT2D eigenvalue weighted by atomic mass is 32.2. The van der Waals surface area contributed by atoms with Crippen molar-refractivity contribution in [1.29, 1.82) is 0 Å². The summed E-state index contributed by atoms with van der Waals surface area (Å²) in [5, 5.41) is 15.1. The third kappa shape index (κ3) is 4.20. The average Bonchev–Trinajstić information content (AvgIpc) is 3.08. The number of nitro benzene ring substituents is 1. The van der Waals surface area contributed by atoms with Crippen LogP contribution in [0.4, 0.5) is 11.5 Å². The lowest BCUT2D eigenvalue weighted by Gasteiger charge is -2.10. The van der Waals surface area contributed by atoms with E-state index in [-0.39, 0.29) is 22.2 Å². The van der Waals surface area contributed by atoms with Crippen LogP contribution in [-0.4, -0.2) is 35.2 Å². The normalized spacial score (nSPS) is 11.1. The van der Waals surface area contributed by atoms with E-state index in [1.165, 1.54) is 25.3 Å². The Bertz CT molecular complexity index is 1070. The molecule has 0 spiro atoms. The van der Waals surface area contributed by atoms with Gasteiger partial charge in [0.25, 0.3) is 15.7 Å². The maximum atomic E-state index is 12.7. The van der Waals surface area contributed by atoms with Gasteiger partial charge in [0.2, 0.25) is 0 Å². The van der Waals surface area contributed by atoms with Crippen molar-refractivity contribution in [3.8, 4) is 5.75 Å². The van der Waals surface area contributed by atoms with E-state index in [2.05, 4.69) is 14.8 Å². The first-order valence-corrected chi connectivity index (χ1v) is 9.15. The summed E-state index contributed by atoms with van der Waals surface area (Å²) in [5.74, 6) is 0.0712. The molecule has 0 unspecified atom stereocenters. The van der Waals surface area contributed by atoms with Crippen LogP contribution in [0.25, 0.3) is 0 Å². The second-order valence-corrected chi connectivity index (χ2v) is 7.10. The summed E-state index contributed by atoms with van der Waals surface area (Å²) in [6.07, 6.45) is 4.91. The predicted molar refractivity (Wildman–Crippen MR) is 96.0 cm³/mol. The molecule has 0 aliphatic rings. The number of hydrogen-bond acceptors (Lipinski definition) is 7. The monoisotopic (exact) mass is 389 g/mol. The second kappa shape index (κ2) is 7.41. The van der Waals surface area contributed by atoms with Crippen molar-refractivity contribution < 1.29 is 18.1 Å². The minimum absolute atomic E-state index is 0.00989. The molecule has 0 saturated carbocycles. The van der Waals surface area contributed by atoms with Gasteiger partial charge >= 0.3 is 0 Å². The molecule has 1 aromatic carbocycles. The summed E-state index contributed by atoms with van der Waals surface area (Å²) in [5.41, 5.74) is 0.585. The molecular weight excluding hydrogens is 374 g/mol. The molecular formula is C16H15N5O5S. The number of ether oxygens (including phenoxy) is 1. The van der Waals surface area contributed by atoms with Crippen LogP contribution in [0.5, 0.6) is 5.75 Å². The van der Waals surface area contributed by atoms with Crippen LogP contribution in [0.2, 0.25) is 0 Å². The molecule has 0 atom stereocenters. The second-order valence-electron chi connectivity index (χ2n) is 5.45. The van der Waals surface area contributed by atoms with E-state index in [4.69, 9.17) is 4.74 Å². The zero-order valence-corrected chi connectivity index (χ0v) is 15.0. The quantitative estimate of drug-likeness (QED) is 0.483. The molecule has 3 rings (SSSR count). The zero-order valence-electron chi connectivity index (χ0n) is 14.1. The Hall–Kier alpha value is -3.47. The molecule has 3 aromatic rings. The van der Waals surface area contributed by atoms with Crippen LogP contribution >= 0.6 is 0 Å². The predicted octanol–water partition coefficient (Wildman–Crippen LogP) is 2.04. The third-order valence-corrected chi connectivity index (χ3v) is 5.00. The van der Waals surface area contributed by atoms with E-state index in [1.54, 1.807) is 23.3 Å². The molecule has 0 amide bonds. The SMILES string of the molecule is COc1ccc([N+](=O)[O-])cc1S(=O)(=O)Nc1ccn(Cc2ccncc2)n1. The smallest absolute Gasteiger partial charge is 0.271 e. The molecule has 0 fully saturated rings. The molecule has 0 aliphatic heterocycles. The first kappa shape index (κ1) is 18.3. The van der Waals surface area contributed by atoms with Crippen LogP contribution in [0.3, 0.4) is 0 Å². The van der Waals surface area contributed by atoms with Crippen molar-refractivity contribution in [1.82, 2.24) is 14.8 Å². The molecule has 0 radical (unpaired) electrons. The summed E-state index contributed by atoms with van der Waals surface area (Å²) in [6, 6.07) is 8.46. The molecule has 0 saturated heterocycles. The van der Waals surface area contributed by atoms with Crippen LogP contribution in [0.1, 0.15) is 5.56 Å². The van der Waals surface area contributed by atoms with E-state index in [0.29, 0.717) is 6.54 Å². The first-order chi connectivity index (χ1) is 12.9. The van der Waals surface area contributed by atoms with Crippen molar-refractivity contribution in [3.63, 3.8) is 0 Å². The zero-order chi connectivity index (χ0) is 19.4. The van der Waals surface area contributed by atoms with Crippen molar-refractivity contribution >= 4 is 21.5 Å². The van der Waals surface area contributed by atoms with Gasteiger partial charge < -0.3 is 4.74 Å². The lowest BCUT2D eigenvalue weighted by Crippen LogP contribution is -2.15. The van der Waals surface area contributed by atoms with Gasteiger partial charge in [-0.3, -0.25) is 24.5 Å². The fourth-order valence-corrected chi connectivity index (χ4v) is 3.55. The maximum absolute atomic E-state index is 12.7. The number of aromatic nitrogens is 3. The highest BCUT2D eigenvalue weighted by molar-refractivity contribution is 7.92. The van der Waals surface area contributed by atoms with E-state index in [0.717, 1.165) is 11.6 Å². The summed E-state index contributed by atoms with van der Waals surface area (Å²) in [7, 11) is -2.86. The van der Waals surface area contributed by atoms with Crippen LogP contribution < -0.4 is 9.46 Å². The molecule has 27 heavy (non-hydrogen) atoms. The number of anilines is 1. The number of nitrogens with zero attached hydrogens (tertiary/aromatic N) is 4. The minimum atomic E-state index is -4.14. The van der Waals surface area contributed by atoms with E-state index < -0.39 is 14.9 Å². The van der Waals surface area contributed by atoms with Crippen LogP contribution in [0, 0.1) is 10.1 Å². The lowest BCUT2D eigenvalue weighted by molar-refractivity contribution is -0.385. The van der Waals surface area contributed by atoms with Crippen molar-refractivity contribution in [2.75, 3.05) is 11.8 Å². The van der Waals surface area contributed by atoms with Crippen LogP contribution in [0.15, 0.2) is 59.9 Å². The Morgan fingerprint density at radius 2 is 1.96 bits per heavy atom. The van der Waals surface area contributed by atoms with Crippen molar-refractivity contribution in [2.24, 2.45) is 0 Å². The van der Waals surface area contributed by atoms with Gasteiger partial charge in [-0.15, -0.1) is 0 Å². The minimum Gasteiger partial charge on any atom is -0.495 e. The van der Waals surface area contributed by atoms with E-state index >= 15 is 0 Å². The van der Waals surface area contributed by atoms with Crippen molar-refractivity contribution in [2.45, 2.75) is 11.4 Å². The number of rotatable bonds is 7.